The van der Waals surface area contributed by atoms with E-state index in [0.29, 0.717) is 12.6 Å². The minimum atomic E-state index is -0.0308. The van der Waals surface area contributed by atoms with Gasteiger partial charge in [0.2, 0.25) is 0 Å². The predicted octanol–water partition coefficient (Wildman–Crippen LogP) is 3.66. The summed E-state index contributed by atoms with van der Waals surface area (Å²) in [6, 6.07) is 4.36. The second kappa shape index (κ2) is 9.28. The van der Waals surface area contributed by atoms with Gasteiger partial charge in [-0.25, -0.2) is 4.79 Å². The molecule has 0 aromatic carbocycles. The summed E-state index contributed by atoms with van der Waals surface area (Å²) >= 11 is 7.39. The Kier molecular flexibility index (Phi) is 8.07. The molecule has 0 atom stereocenters. The van der Waals surface area contributed by atoms with E-state index in [-0.39, 0.29) is 6.03 Å². The largest absolute Gasteiger partial charge is 0.338 e. The maximum atomic E-state index is 11.9. The number of rotatable bonds is 8. The van der Waals surface area contributed by atoms with Gasteiger partial charge in [0, 0.05) is 24.5 Å². The Labute approximate surface area is 137 Å². The molecule has 1 N–H and O–H groups in total. The topological polar surface area (TPSA) is 35.6 Å². The first-order valence-electron chi connectivity index (χ1n) is 7.33. The number of urea groups is 1. The van der Waals surface area contributed by atoms with Crippen LogP contribution < -0.4 is 5.32 Å². The molecule has 0 unspecified atom stereocenters. The van der Waals surface area contributed by atoms with E-state index in [9.17, 15) is 4.79 Å². The lowest BCUT2D eigenvalue weighted by molar-refractivity contribution is 0.206. The second-order valence-electron chi connectivity index (χ2n) is 5.58. The Balaban J connectivity index is 2.15. The van der Waals surface area contributed by atoms with Crippen LogP contribution in [0.5, 0.6) is 0 Å². The Morgan fingerprint density at radius 2 is 2.05 bits per heavy atom. The van der Waals surface area contributed by atoms with Crippen molar-refractivity contribution in [3.05, 3.63) is 21.3 Å². The minimum Gasteiger partial charge on any atom is -0.338 e. The Hall–Kier alpha value is -0.780. The number of hydrogen-bond acceptors (Lipinski definition) is 3. The minimum absolute atomic E-state index is 0.0308. The van der Waals surface area contributed by atoms with Gasteiger partial charge in [0.25, 0.3) is 0 Å². The molecule has 1 aromatic heterocycles. The van der Waals surface area contributed by atoms with E-state index in [1.807, 2.05) is 12.1 Å². The standard InChI is InChI=1S/C15H26ClN3OS/c1-12(2)18(3)10-6-5-9-17-15(20)19(4)11-13-7-8-14(16)21-13/h7-8,12H,5-6,9-11H2,1-4H3,(H,17,20). The van der Waals surface area contributed by atoms with Gasteiger partial charge in [-0.3, -0.25) is 0 Å². The summed E-state index contributed by atoms with van der Waals surface area (Å²) in [5, 5.41) is 2.95. The van der Waals surface area contributed by atoms with Crippen molar-refractivity contribution in [2.24, 2.45) is 0 Å². The van der Waals surface area contributed by atoms with Crippen LogP contribution in [-0.4, -0.2) is 49.1 Å². The molecule has 0 saturated heterocycles. The lowest BCUT2D eigenvalue weighted by Gasteiger charge is -2.21. The highest BCUT2D eigenvalue weighted by Crippen LogP contribution is 2.22. The van der Waals surface area contributed by atoms with Crippen molar-refractivity contribution in [2.45, 2.75) is 39.3 Å². The van der Waals surface area contributed by atoms with Crippen LogP contribution in [0.15, 0.2) is 12.1 Å². The number of halogens is 1. The molecule has 1 aromatic rings. The van der Waals surface area contributed by atoms with Crippen LogP contribution in [0.25, 0.3) is 0 Å². The number of nitrogens with one attached hydrogen (secondary N) is 1. The van der Waals surface area contributed by atoms with Crippen LogP contribution in [0.4, 0.5) is 4.79 Å². The third-order valence-corrected chi connectivity index (χ3v) is 4.68. The Morgan fingerprint density at radius 3 is 2.62 bits per heavy atom. The van der Waals surface area contributed by atoms with Crippen molar-refractivity contribution in [1.29, 1.82) is 0 Å². The number of thiophene rings is 1. The molecule has 0 bridgehead atoms. The van der Waals surface area contributed by atoms with Gasteiger partial charge >= 0.3 is 6.03 Å². The summed E-state index contributed by atoms with van der Waals surface area (Å²) in [5.41, 5.74) is 0. The third-order valence-electron chi connectivity index (χ3n) is 3.46. The smallest absolute Gasteiger partial charge is 0.317 e. The Morgan fingerprint density at radius 1 is 1.33 bits per heavy atom. The second-order valence-corrected chi connectivity index (χ2v) is 7.37. The van der Waals surface area contributed by atoms with Gasteiger partial charge in [-0.2, -0.15) is 0 Å². The molecule has 6 heteroatoms. The SMILES string of the molecule is CC(C)N(C)CCCCNC(=O)N(C)Cc1ccc(Cl)s1. The summed E-state index contributed by atoms with van der Waals surface area (Å²) in [5.74, 6) is 0. The average Bonchev–Trinajstić information content (AvgIpc) is 2.82. The molecule has 120 valence electrons. The molecular formula is C15H26ClN3OS. The summed E-state index contributed by atoms with van der Waals surface area (Å²) in [4.78, 5) is 17.0. The van der Waals surface area contributed by atoms with Crippen LogP contribution in [0.2, 0.25) is 4.34 Å². The van der Waals surface area contributed by atoms with Gasteiger partial charge in [-0.1, -0.05) is 11.6 Å². The van der Waals surface area contributed by atoms with Crippen LogP contribution in [0.1, 0.15) is 31.6 Å². The quantitative estimate of drug-likeness (QED) is 0.738. The highest BCUT2D eigenvalue weighted by Gasteiger charge is 2.09. The van der Waals surface area contributed by atoms with Crippen LogP contribution in [0.3, 0.4) is 0 Å². The van der Waals surface area contributed by atoms with Crippen LogP contribution >= 0.6 is 22.9 Å². The van der Waals surface area contributed by atoms with E-state index in [2.05, 4.69) is 31.1 Å². The van der Waals surface area contributed by atoms with Crippen molar-refractivity contribution in [3.63, 3.8) is 0 Å². The molecule has 0 aliphatic rings. The van der Waals surface area contributed by atoms with Gasteiger partial charge < -0.3 is 15.1 Å². The summed E-state index contributed by atoms with van der Waals surface area (Å²) < 4.78 is 0.757. The number of carbonyl (C=O) groups is 1. The molecule has 0 spiro atoms. The lowest BCUT2D eigenvalue weighted by Crippen LogP contribution is -2.37. The molecule has 1 heterocycles. The molecule has 0 fully saturated rings. The summed E-state index contributed by atoms with van der Waals surface area (Å²) in [7, 11) is 3.93. The van der Waals surface area contributed by atoms with E-state index < -0.39 is 0 Å². The number of nitrogens with zero attached hydrogens (tertiary/aromatic N) is 2. The molecule has 0 radical (unpaired) electrons. The fraction of sp³-hybridized carbons (Fsp3) is 0.667. The zero-order valence-corrected chi connectivity index (χ0v) is 14.9. The molecule has 0 saturated carbocycles. The summed E-state index contributed by atoms with van der Waals surface area (Å²) in [6.07, 6.45) is 2.10. The van der Waals surface area contributed by atoms with Crippen LogP contribution in [-0.2, 0) is 6.54 Å². The number of amides is 2. The first-order valence-corrected chi connectivity index (χ1v) is 8.53. The highest BCUT2D eigenvalue weighted by atomic mass is 35.5. The predicted molar refractivity (Wildman–Crippen MR) is 91.2 cm³/mol. The average molecular weight is 332 g/mol. The first kappa shape index (κ1) is 18.3. The molecular weight excluding hydrogens is 306 g/mol. The maximum Gasteiger partial charge on any atom is 0.317 e. The van der Waals surface area contributed by atoms with Crippen molar-refractivity contribution < 1.29 is 4.79 Å². The van der Waals surface area contributed by atoms with Gasteiger partial charge in [-0.05, 0) is 52.4 Å². The summed E-state index contributed by atoms with van der Waals surface area (Å²) in [6.45, 7) is 6.76. The normalized spacial score (nSPS) is 11.2. The number of carbonyl (C=O) groups excluding carboxylic acids is 1. The molecule has 2 amide bonds. The van der Waals surface area contributed by atoms with Crippen molar-refractivity contribution >= 4 is 29.0 Å². The van der Waals surface area contributed by atoms with Gasteiger partial charge in [0.15, 0.2) is 0 Å². The van der Waals surface area contributed by atoms with Crippen molar-refractivity contribution in [2.75, 3.05) is 27.2 Å². The lowest BCUT2D eigenvalue weighted by atomic mass is 10.2. The van der Waals surface area contributed by atoms with Gasteiger partial charge in [0.05, 0.1) is 10.9 Å². The zero-order valence-electron chi connectivity index (χ0n) is 13.4. The molecule has 0 aliphatic heterocycles. The molecule has 1 rings (SSSR count). The van der Waals surface area contributed by atoms with Crippen molar-refractivity contribution in [1.82, 2.24) is 15.1 Å². The van der Waals surface area contributed by atoms with Gasteiger partial charge in [-0.15, -0.1) is 11.3 Å². The zero-order chi connectivity index (χ0) is 15.8. The van der Waals surface area contributed by atoms with Crippen molar-refractivity contribution in [3.8, 4) is 0 Å². The monoisotopic (exact) mass is 331 g/mol. The van der Waals surface area contributed by atoms with Gasteiger partial charge in [0.1, 0.15) is 0 Å². The molecule has 4 nitrogen and oxygen atoms in total. The van der Waals surface area contributed by atoms with E-state index in [0.717, 1.165) is 35.1 Å². The van der Waals surface area contributed by atoms with E-state index in [4.69, 9.17) is 11.6 Å². The molecule has 0 aliphatic carbocycles. The van der Waals surface area contributed by atoms with E-state index >= 15 is 0 Å². The fourth-order valence-electron chi connectivity index (χ4n) is 1.82. The molecule has 21 heavy (non-hydrogen) atoms. The maximum absolute atomic E-state index is 11.9. The first-order chi connectivity index (χ1) is 9.90. The van der Waals surface area contributed by atoms with E-state index in [1.165, 1.54) is 11.3 Å². The highest BCUT2D eigenvalue weighted by molar-refractivity contribution is 7.16. The number of unbranched alkanes of at least 4 members (excludes halogenated alkanes) is 1. The fourth-order valence-corrected chi connectivity index (χ4v) is 2.96. The van der Waals surface area contributed by atoms with Crippen LogP contribution in [0, 0.1) is 0 Å². The van der Waals surface area contributed by atoms with E-state index in [1.54, 1.807) is 11.9 Å². The Bertz CT molecular complexity index is 436. The third kappa shape index (κ3) is 7.16. The number of hydrogen-bond donors (Lipinski definition) is 1.